The van der Waals surface area contributed by atoms with Gasteiger partial charge in [-0.3, -0.25) is 4.79 Å². The number of nitrogens with one attached hydrogen (secondary N) is 1. The average Bonchev–Trinajstić information content (AvgIpc) is 2.75. The summed E-state index contributed by atoms with van der Waals surface area (Å²) in [4.78, 5) is 16.1. The smallest absolute Gasteiger partial charge is 0.221 e. The van der Waals surface area contributed by atoms with Crippen LogP contribution in [0.2, 0.25) is 0 Å². The maximum Gasteiger partial charge on any atom is 0.221 e. The monoisotopic (exact) mass is 375 g/mol. The molecule has 1 heterocycles. The van der Waals surface area contributed by atoms with E-state index in [-0.39, 0.29) is 11.7 Å². The van der Waals surface area contributed by atoms with E-state index < -0.39 is 0 Å². The van der Waals surface area contributed by atoms with Crippen molar-refractivity contribution >= 4 is 44.5 Å². The van der Waals surface area contributed by atoms with Crippen LogP contribution in [0.25, 0.3) is 11.0 Å². The van der Waals surface area contributed by atoms with E-state index in [4.69, 9.17) is 11.6 Å². The molecule has 0 atom stereocenters. The predicted molar refractivity (Wildman–Crippen MR) is 85.1 cm³/mol. The lowest BCUT2D eigenvalue weighted by Gasteiger charge is -2.08. The first-order valence-electron chi connectivity index (χ1n) is 6.73. The van der Waals surface area contributed by atoms with E-state index in [2.05, 4.69) is 26.2 Å². The summed E-state index contributed by atoms with van der Waals surface area (Å²) in [5, 5.41) is 2.75. The van der Waals surface area contributed by atoms with Crippen LogP contribution in [-0.2, 0) is 17.8 Å². The van der Waals surface area contributed by atoms with Crippen LogP contribution in [0.5, 0.6) is 0 Å². The second-order valence-corrected chi connectivity index (χ2v) is 5.81. The lowest BCUT2D eigenvalue weighted by atomic mass is 10.3. The number of amides is 1. The van der Waals surface area contributed by atoms with E-state index >= 15 is 0 Å². The first-order valence-corrected chi connectivity index (χ1v) is 8.06. The molecule has 1 amide bonds. The topological polar surface area (TPSA) is 46.9 Å². The molecule has 0 bridgehead atoms. The predicted octanol–water partition coefficient (Wildman–Crippen LogP) is 3.25. The maximum absolute atomic E-state index is 13.8. The average molecular weight is 377 g/mol. The van der Waals surface area contributed by atoms with Crippen molar-refractivity contribution < 1.29 is 9.18 Å². The Kier molecular flexibility index (Phi) is 5.58. The Bertz CT molecular complexity index is 659. The Morgan fingerprint density at radius 1 is 1.52 bits per heavy atom. The van der Waals surface area contributed by atoms with Crippen LogP contribution in [0.3, 0.4) is 0 Å². The van der Waals surface area contributed by atoms with Crippen LogP contribution in [0.1, 0.15) is 19.2 Å². The maximum atomic E-state index is 13.8. The molecular formula is C14H16BrClFN3O. The molecule has 0 spiro atoms. The molecule has 114 valence electrons. The number of benzene rings is 1. The fraction of sp³-hybridized carbons (Fsp3) is 0.429. The molecule has 2 rings (SSSR count). The van der Waals surface area contributed by atoms with E-state index in [0.717, 1.165) is 5.82 Å². The zero-order valence-electron chi connectivity index (χ0n) is 11.6. The molecule has 0 aliphatic rings. The molecule has 21 heavy (non-hydrogen) atoms. The summed E-state index contributed by atoms with van der Waals surface area (Å²) in [5.41, 5.74) is 1.37. The Morgan fingerprint density at radius 3 is 2.95 bits per heavy atom. The molecule has 2 aromatic rings. The number of halogens is 3. The number of aromatic nitrogens is 2. The zero-order valence-corrected chi connectivity index (χ0v) is 14.0. The van der Waals surface area contributed by atoms with Gasteiger partial charge in [-0.25, -0.2) is 9.37 Å². The molecule has 7 heteroatoms. The van der Waals surface area contributed by atoms with Gasteiger partial charge in [0.15, 0.2) is 0 Å². The van der Waals surface area contributed by atoms with Gasteiger partial charge in [0.1, 0.15) is 11.6 Å². The van der Waals surface area contributed by atoms with Gasteiger partial charge in [0.25, 0.3) is 0 Å². The van der Waals surface area contributed by atoms with Crippen molar-refractivity contribution in [3.63, 3.8) is 0 Å². The van der Waals surface area contributed by atoms with Gasteiger partial charge in [-0.05, 0) is 28.9 Å². The highest BCUT2D eigenvalue weighted by atomic mass is 79.9. The third kappa shape index (κ3) is 3.74. The molecule has 1 aromatic carbocycles. The first kappa shape index (κ1) is 16.2. The van der Waals surface area contributed by atoms with E-state index in [9.17, 15) is 9.18 Å². The van der Waals surface area contributed by atoms with Crippen molar-refractivity contribution in [3.05, 3.63) is 28.2 Å². The Morgan fingerprint density at radius 2 is 2.29 bits per heavy atom. The summed E-state index contributed by atoms with van der Waals surface area (Å²) in [7, 11) is 0. The molecule has 1 aromatic heterocycles. The highest BCUT2D eigenvalue weighted by molar-refractivity contribution is 9.10. The first-order chi connectivity index (χ1) is 10.1. The summed E-state index contributed by atoms with van der Waals surface area (Å²) >= 11 is 8.95. The van der Waals surface area contributed by atoms with Gasteiger partial charge in [0.05, 0.1) is 15.5 Å². The standard InChI is InChI=1S/C14H16BrClFN3O/c1-2-18-14(21)4-6-20-12-8-10(17)9(15)7-11(12)19-13(20)3-5-16/h7-8H,2-6H2,1H3,(H,18,21). The fourth-order valence-corrected chi connectivity index (χ4v) is 2.69. The fourth-order valence-electron chi connectivity index (χ4n) is 2.19. The normalized spacial score (nSPS) is 11.0. The van der Waals surface area contributed by atoms with Gasteiger partial charge >= 0.3 is 0 Å². The quantitative estimate of drug-likeness (QED) is 0.787. The molecule has 0 saturated heterocycles. The number of carbonyl (C=O) groups is 1. The van der Waals surface area contributed by atoms with E-state index in [1.807, 2.05) is 11.5 Å². The number of fused-ring (bicyclic) bond motifs is 1. The van der Waals surface area contributed by atoms with Crippen molar-refractivity contribution in [2.24, 2.45) is 0 Å². The molecule has 0 aliphatic carbocycles. The molecule has 0 fully saturated rings. The number of hydrogen-bond donors (Lipinski definition) is 1. The van der Waals surface area contributed by atoms with Crippen molar-refractivity contribution in [2.75, 3.05) is 12.4 Å². The summed E-state index contributed by atoms with van der Waals surface area (Å²) in [6, 6.07) is 3.08. The number of imidazole rings is 1. The SMILES string of the molecule is CCNC(=O)CCn1c(CCCl)nc2cc(Br)c(F)cc21. The lowest BCUT2D eigenvalue weighted by molar-refractivity contribution is -0.121. The molecule has 0 saturated carbocycles. The molecule has 0 unspecified atom stereocenters. The third-order valence-electron chi connectivity index (χ3n) is 3.12. The molecule has 0 aliphatic heterocycles. The highest BCUT2D eigenvalue weighted by Crippen LogP contribution is 2.24. The van der Waals surface area contributed by atoms with Crippen molar-refractivity contribution in [1.29, 1.82) is 0 Å². The van der Waals surface area contributed by atoms with Crippen molar-refractivity contribution in [2.45, 2.75) is 26.3 Å². The van der Waals surface area contributed by atoms with E-state index in [0.29, 0.717) is 47.3 Å². The van der Waals surface area contributed by atoms with Gasteiger partial charge in [0, 0.05) is 37.9 Å². The second-order valence-electron chi connectivity index (χ2n) is 4.58. The third-order valence-corrected chi connectivity index (χ3v) is 3.92. The van der Waals surface area contributed by atoms with Gasteiger partial charge < -0.3 is 9.88 Å². The molecular weight excluding hydrogens is 361 g/mol. The van der Waals surface area contributed by atoms with Gasteiger partial charge in [-0.15, -0.1) is 11.6 Å². The van der Waals surface area contributed by atoms with Gasteiger partial charge in [0.2, 0.25) is 5.91 Å². The van der Waals surface area contributed by atoms with Crippen LogP contribution >= 0.6 is 27.5 Å². The lowest BCUT2D eigenvalue weighted by Crippen LogP contribution is -2.24. The van der Waals surface area contributed by atoms with Crippen LogP contribution < -0.4 is 5.32 Å². The number of nitrogens with zero attached hydrogens (tertiary/aromatic N) is 2. The van der Waals surface area contributed by atoms with Crippen molar-refractivity contribution in [1.82, 2.24) is 14.9 Å². The van der Waals surface area contributed by atoms with E-state index in [1.165, 1.54) is 6.07 Å². The summed E-state index contributed by atoms with van der Waals surface area (Å²) in [6.45, 7) is 2.92. The Labute approximate surface area is 135 Å². The van der Waals surface area contributed by atoms with Crippen molar-refractivity contribution in [3.8, 4) is 0 Å². The van der Waals surface area contributed by atoms with Gasteiger partial charge in [-0.2, -0.15) is 0 Å². The highest BCUT2D eigenvalue weighted by Gasteiger charge is 2.14. The minimum atomic E-state index is -0.348. The number of alkyl halides is 1. The minimum Gasteiger partial charge on any atom is -0.356 e. The number of carbonyl (C=O) groups excluding carboxylic acids is 1. The van der Waals surface area contributed by atoms with Crippen LogP contribution in [0, 0.1) is 5.82 Å². The zero-order chi connectivity index (χ0) is 15.4. The van der Waals surface area contributed by atoms with Crippen LogP contribution in [0.4, 0.5) is 4.39 Å². The van der Waals surface area contributed by atoms with E-state index in [1.54, 1.807) is 6.07 Å². The largest absolute Gasteiger partial charge is 0.356 e. The molecule has 4 nitrogen and oxygen atoms in total. The van der Waals surface area contributed by atoms with Crippen LogP contribution in [-0.4, -0.2) is 27.9 Å². The molecule has 0 radical (unpaired) electrons. The summed E-state index contributed by atoms with van der Waals surface area (Å²) < 4.78 is 16.0. The number of rotatable bonds is 6. The second kappa shape index (κ2) is 7.22. The van der Waals surface area contributed by atoms with Crippen LogP contribution in [0.15, 0.2) is 16.6 Å². The Balaban J connectivity index is 2.36. The molecule has 1 N–H and O–H groups in total. The summed E-state index contributed by atoms with van der Waals surface area (Å²) in [6.07, 6.45) is 0.900. The minimum absolute atomic E-state index is 0.0336. The number of aryl methyl sites for hydroxylation is 2. The number of hydrogen-bond acceptors (Lipinski definition) is 2. The summed E-state index contributed by atoms with van der Waals surface area (Å²) in [5.74, 6) is 0.809. The Hall–Kier alpha value is -1.14. The van der Waals surface area contributed by atoms with Gasteiger partial charge in [-0.1, -0.05) is 0 Å².